The molecule has 0 fully saturated rings. The molecule has 186 valence electrons. The van der Waals surface area contributed by atoms with Gasteiger partial charge in [0, 0.05) is 11.1 Å². The van der Waals surface area contributed by atoms with Crippen molar-refractivity contribution < 1.29 is 9.59 Å². The third-order valence-corrected chi connectivity index (χ3v) is 6.44. The highest BCUT2D eigenvalue weighted by molar-refractivity contribution is 6.09. The maximum Gasteiger partial charge on any atom is 0.272 e. The minimum atomic E-state index is -0.261. The first-order valence-electron chi connectivity index (χ1n) is 12.3. The quantitative estimate of drug-likeness (QED) is 0.213. The SMILES string of the molecule is C/C(=N\NC(=O)c1cccc2ccccc12)c1ccc(/C(C)=N/NC(=O)c2cccc3ccccc23)cc1. The number of hydrogen-bond acceptors (Lipinski definition) is 4. The molecule has 38 heavy (non-hydrogen) atoms. The molecule has 6 nitrogen and oxygen atoms in total. The fourth-order valence-corrected chi connectivity index (χ4v) is 4.32. The first kappa shape index (κ1) is 24.6. The van der Waals surface area contributed by atoms with Crippen molar-refractivity contribution in [2.45, 2.75) is 13.8 Å². The van der Waals surface area contributed by atoms with Crippen molar-refractivity contribution in [3.63, 3.8) is 0 Å². The molecule has 0 heterocycles. The largest absolute Gasteiger partial charge is 0.272 e. The van der Waals surface area contributed by atoms with Crippen LogP contribution < -0.4 is 10.9 Å². The van der Waals surface area contributed by atoms with Gasteiger partial charge in [0.15, 0.2) is 0 Å². The second-order valence-electron chi connectivity index (χ2n) is 8.91. The molecule has 0 aliphatic carbocycles. The lowest BCUT2D eigenvalue weighted by Gasteiger charge is -2.08. The van der Waals surface area contributed by atoms with Crippen molar-refractivity contribution in [3.05, 3.63) is 131 Å². The summed E-state index contributed by atoms with van der Waals surface area (Å²) in [5.41, 5.74) is 9.55. The van der Waals surface area contributed by atoms with Crippen molar-refractivity contribution in [1.82, 2.24) is 10.9 Å². The molecule has 0 unspecified atom stereocenters. The van der Waals surface area contributed by atoms with Crippen LogP contribution in [0, 0.1) is 0 Å². The van der Waals surface area contributed by atoms with Crippen LogP contribution in [0.4, 0.5) is 0 Å². The van der Waals surface area contributed by atoms with Crippen LogP contribution in [0.3, 0.4) is 0 Å². The van der Waals surface area contributed by atoms with Crippen molar-refractivity contribution in [2.24, 2.45) is 10.2 Å². The van der Waals surface area contributed by atoms with Gasteiger partial charge in [-0.3, -0.25) is 9.59 Å². The van der Waals surface area contributed by atoms with E-state index < -0.39 is 0 Å². The van der Waals surface area contributed by atoms with Crippen LogP contribution >= 0.6 is 0 Å². The second kappa shape index (κ2) is 10.9. The smallest absolute Gasteiger partial charge is 0.267 e. The second-order valence-corrected chi connectivity index (χ2v) is 8.91. The predicted octanol–water partition coefficient (Wildman–Crippen LogP) is 6.30. The molecular weight excluding hydrogens is 472 g/mol. The summed E-state index contributed by atoms with van der Waals surface area (Å²) in [7, 11) is 0. The summed E-state index contributed by atoms with van der Waals surface area (Å²) in [4.78, 5) is 25.5. The van der Waals surface area contributed by atoms with E-state index in [-0.39, 0.29) is 11.8 Å². The maximum atomic E-state index is 12.8. The van der Waals surface area contributed by atoms with Crippen LogP contribution in [0.25, 0.3) is 21.5 Å². The molecule has 0 aliphatic heterocycles. The summed E-state index contributed by atoms with van der Waals surface area (Å²) in [5.74, 6) is -0.523. The molecule has 0 atom stereocenters. The molecule has 0 radical (unpaired) electrons. The van der Waals surface area contributed by atoms with E-state index in [1.165, 1.54) is 0 Å². The predicted molar refractivity (Wildman–Crippen MR) is 154 cm³/mol. The van der Waals surface area contributed by atoms with E-state index in [0.717, 1.165) is 32.7 Å². The van der Waals surface area contributed by atoms with Gasteiger partial charge in [-0.25, -0.2) is 10.9 Å². The van der Waals surface area contributed by atoms with Gasteiger partial charge >= 0.3 is 0 Å². The number of amides is 2. The number of carbonyl (C=O) groups excluding carboxylic acids is 2. The standard InChI is InChI=1S/C32H26N4O2/c1-21(33-35-31(37)29-15-7-11-25-9-3-5-13-27(25)29)23-17-19-24(20-18-23)22(2)34-36-32(38)30-16-8-12-26-10-4-6-14-28(26)30/h3-20H,1-2H3,(H,35,37)(H,36,38)/b33-21+,34-22+. The number of nitrogens with zero attached hydrogens (tertiary/aromatic N) is 2. The zero-order chi connectivity index (χ0) is 26.5. The Bertz CT molecular complexity index is 1580. The highest BCUT2D eigenvalue weighted by Gasteiger charge is 2.11. The van der Waals surface area contributed by atoms with Gasteiger partial charge in [-0.1, -0.05) is 97.1 Å². The van der Waals surface area contributed by atoms with Gasteiger partial charge in [-0.2, -0.15) is 10.2 Å². The zero-order valence-corrected chi connectivity index (χ0v) is 21.1. The lowest BCUT2D eigenvalue weighted by molar-refractivity contribution is 0.0948. The molecule has 5 rings (SSSR count). The molecule has 0 aromatic heterocycles. The number of rotatable bonds is 6. The molecule has 6 heteroatoms. The highest BCUT2D eigenvalue weighted by atomic mass is 16.2. The lowest BCUT2D eigenvalue weighted by atomic mass is 10.0. The molecule has 2 N–H and O–H groups in total. The van der Waals surface area contributed by atoms with Gasteiger partial charge in [0.2, 0.25) is 0 Å². The van der Waals surface area contributed by atoms with Gasteiger partial charge < -0.3 is 0 Å². The average Bonchev–Trinajstić information content (AvgIpc) is 2.97. The molecule has 5 aromatic rings. The summed E-state index contributed by atoms with van der Waals surface area (Å²) in [6, 6.07) is 34.4. The molecule has 0 bridgehead atoms. The Morgan fingerprint density at radius 3 is 1.29 bits per heavy atom. The van der Waals surface area contributed by atoms with E-state index in [9.17, 15) is 9.59 Å². The number of nitrogens with one attached hydrogen (secondary N) is 2. The van der Waals surface area contributed by atoms with Crippen molar-refractivity contribution in [3.8, 4) is 0 Å². The topological polar surface area (TPSA) is 82.9 Å². The molecule has 2 amide bonds. The Morgan fingerprint density at radius 1 is 0.500 bits per heavy atom. The molecule has 0 saturated carbocycles. The fraction of sp³-hybridized carbons (Fsp3) is 0.0625. The van der Waals surface area contributed by atoms with Crippen LogP contribution in [0.2, 0.25) is 0 Å². The van der Waals surface area contributed by atoms with E-state index in [1.54, 1.807) is 12.1 Å². The summed E-state index contributed by atoms with van der Waals surface area (Å²) in [5, 5.41) is 12.4. The Balaban J connectivity index is 1.25. The van der Waals surface area contributed by atoms with Crippen molar-refractivity contribution in [1.29, 1.82) is 0 Å². The fourth-order valence-electron chi connectivity index (χ4n) is 4.32. The van der Waals surface area contributed by atoms with Gasteiger partial charge in [0.1, 0.15) is 0 Å². The van der Waals surface area contributed by atoms with Gasteiger partial charge in [0.25, 0.3) is 11.8 Å². The number of hydrogen-bond donors (Lipinski definition) is 2. The Hall–Kier alpha value is -5.10. The van der Waals surface area contributed by atoms with E-state index >= 15 is 0 Å². The summed E-state index contributed by atoms with van der Waals surface area (Å²) in [6.07, 6.45) is 0. The third kappa shape index (κ3) is 5.20. The Morgan fingerprint density at radius 2 is 0.868 bits per heavy atom. The van der Waals surface area contributed by atoms with Crippen LogP contribution in [-0.2, 0) is 0 Å². The molecular formula is C32H26N4O2. The first-order chi connectivity index (χ1) is 18.5. The van der Waals surface area contributed by atoms with Crippen LogP contribution in [-0.4, -0.2) is 23.2 Å². The van der Waals surface area contributed by atoms with Gasteiger partial charge in [0.05, 0.1) is 11.4 Å². The van der Waals surface area contributed by atoms with Crippen LogP contribution in [0.5, 0.6) is 0 Å². The van der Waals surface area contributed by atoms with Gasteiger partial charge in [-0.15, -0.1) is 0 Å². The first-order valence-corrected chi connectivity index (χ1v) is 12.3. The Kier molecular flexibility index (Phi) is 7.04. The number of hydrazone groups is 2. The molecule has 0 aliphatic rings. The van der Waals surface area contributed by atoms with E-state index in [0.29, 0.717) is 22.6 Å². The van der Waals surface area contributed by atoms with E-state index in [4.69, 9.17) is 0 Å². The van der Waals surface area contributed by atoms with Crippen LogP contribution in [0.1, 0.15) is 45.7 Å². The van der Waals surface area contributed by atoms with Gasteiger partial charge in [-0.05, 0) is 58.7 Å². The minimum absolute atomic E-state index is 0.261. The monoisotopic (exact) mass is 498 g/mol. The van der Waals surface area contributed by atoms with Crippen molar-refractivity contribution >= 4 is 44.8 Å². The van der Waals surface area contributed by atoms with E-state index in [2.05, 4.69) is 21.1 Å². The number of fused-ring (bicyclic) bond motifs is 2. The van der Waals surface area contributed by atoms with Crippen molar-refractivity contribution in [2.75, 3.05) is 0 Å². The highest BCUT2D eigenvalue weighted by Crippen LogP contribution is 2.19. The molecule has 0 spiro atoms. The molecule has 0 saturated heterocycles. The van der Waals surface area contributed by atoms with Crippen LogP contribution in [0.15, 0.2) is 119 Å². The zero-order valence-electron chi connectivity index (χ0n) is 21.1. The number of benzene rings is 5. The third-order valence-electron chi connectivity index (χ3n) is 6.44. The summed E-state index contributed by atoms with van der Waals surface area (Å²) in [6.45, 7) is 3.67. The number of carbonyl (C=O) groups is 2. The average molecular weight is 499 g/mol. The summed E-state index contributed by atoms with van der Waals surface area (Å²) >= 11 is 0. The lowest BCUT2D eigenvalue weighted by Crippen LogP contribution is -2.20. The Labute approximate surface area is 220 Å². The minimum Gasteiger partial charge on any atom is -0.267 e. The van der Waals surface area contributed by atoms with E-state index in [1.807, 2.05) is 111 Å². The molecule has 5 aromatic carbocycles. The summed E-state index contributed by atoms with van der Waals surface area (Å²) < 4.78 is 0. The normalized spacial score (nSPS) is 11.9. The maximum absolute atomic E-state index is 12.8.